The van der Waals surface area contributed by atoms with E-state index in [1.165, 1.54) is 12.1 Å². The van der Waals surface area contributed by atoms with Gasteiger partial charge in [0.15, 0.2) is 0 Å². The summed E-state index contributed by atoms with van der Waals surface area (Å²) in [7, 11) is 0. The van der Waals surface area contributed by atoms with Gasteiger partial charge in [0.25, 0.3) is 5.91 Å². The maximum atomic E-state index is 11.0. The molecule has 70 valence electrons. The van der Waals surface area contributed by atoms with Gasteiger partial charge in [-0.3, -0.25) is 10.2 Å². The molecule has 0 fully saturated rings. The van der Waals surface area contributed by atoms with Crippen molar-refractivity contribution in [3.63, 3.8) is 0 Å². The molecule has 0 spiro atoms. The number of phenols is 1. The van der Waals surface area contributed by atoms with Crippen LogP contribution in [0.2, 0.25) is 10.0 Å². The van der Waals surface area contributed by atoms with E-state index in [1.54, 1.807) is 0 Å². The molecule has 6 heteroatoms. The second kappa shape index (κ2) is 3.83. The number of carbonyl (C=O) groups is 1. The molecule has 0 aliphatic rings. The van der Waals surface area contributed by atoms with E-state index >= 15 is 0 Å². The maximum absolute atomic E-state index is 11.0. The third-order valence-electron chi connectivity index (χ3n) is 1.40. The quantitative estimate of drug-likeness (QED) is 0.380. The average Bonchev–Trinajstić information content (AvgIpc) is 2.10. The zero-order chi connectivity index (χ0) is 10.0. The molecule has 0 bridgehead atoms. The highest BCUT2D eigenvalue weighted by molar-refractivity contribution is 6.36. The lowest BCUT2D eigenvalue weighted by Gasteiger charge is -2.04. The van der Waals surface area contributed by atoms with Gasteiger partial charge in [-0.2, -0.15) is 0 Å². The summed E-state index contributed by atoms with van der Waals surface area (Å²) in [6, 6.07) is 2.59. The number of nitrogens with two attached hydrogens (primary N) is 1. The Kier molecular flexibility index (Phi) is 2.98. The molecular weight excluding hydrogens is 215 g/mol. The van der Waals surface area contributed by atoms with Gasteiger partial charge >= 0.3 is 0 Å². The van der Waals surface area contributed by atoms with E-state index in [2.05, 4.69) is 0 Å². The molecule has 1 rings (SSSR count). The molecule has 0 unspecified atom stereocenters. The van der Waals surface area contributed by atoms with Crippen molar-refractivity contribution in [1.82, 2.24) is 5.43 Å². The van der Waals surface area contributed by atoms with Crippen LogP contribution in [0, 0.1) is 0 Å². The molecule has 4 nitrogen and oxygen atoms in total. The molecule has 0 atom stereocenters. The molecule has 0 saturated heterocycles. The molecule has 1 amide bonds. The molecule has 0 aromatic heterocycles. The molecular formula is C7H6Cl2N2O2. The third kappa shape index (κ3) is 2.03. The van der Waals surface area contributed by atoms with Gasteiger partial charge in [-0.25, -0.2) is 5.84 Å². The van der Waals surface area contributed by atoms with Crippen LogP contribution in [0.1, 0.15) is 10.4 Å². The van der Waals surface area contributed by atoms with Crippen LogP contribution in [0.25, 0.3) is 0 Å². The summed E-state index contributed by atoms with van der Waals surface area (Å²) in [4.78, 5) is 11.0. The van der Waals surface area contributed by atoms with E-state index in [0.717, 1.165) is 0 Å². The minimum Gasteiger partial charge on any atom is -0.506 e. The van der Waals surface area contributed by atoms with E-state index < -0.39 is 5.91 Å². The van der Waals surface area contributed by atoms with Crippen molar-refractivity contribution in [2.24, 2.45) is 5.84 Å². The van der Waals surface area contributed by atoms with E-state index in [9.17, 15) is 9.90 Å². The Labute approximate surface area is 84.2 Å². The molecule has 0 saturated carbocycles. The Morgan fingerprint density at radius 1 is 1.46 bits per heavy atom. The summed E-state index contributed by atoms with van der Waals surface area (Å²) >= 11 is 11.2. The van der Waals surface area contributed by atoms with Gasteiger partial charge in [0.1, 0.15) is 5.75 Å². The lowest BCUT2D eigenvalue weighted by atomic mass is 10.2. The van der Waals surface area contributed by atoms with Crippen molar-refractivity contribution in [2.75, 3.05) is 0 Å². The van der Waals surface area contributed by atoms with Crippen LogP contribution in [0.15, 0.2) is 12.1 Å². The number of halogens is 2. The van der Waals surface area contributed by atoms with Crippen molar-refractivity contribution < 1.29 is 9.90 Å². The Balaban J connectivity index is 3.28. The second-order valence-corrected chi connectivity index (χ2v) is 3.10. The van der Waals surface area contributed by atoms with Gasteiger partial charge in [0, 0.05) is 5.02 Å². The van der Waals surface area contributed by atoms with Gasteiger partial charge < -0.3 is 5.11 Å². The zero-order valence-electron chi connectivity index (χ0n) is 6.34. The van der Waals surface area contributed by atoms with E-state index in [4.69, 9.17) is 29.0 Å². The second-order valence-electron chi connectivity index (χ2n) is 2.26. The van der Waals surface area contributed by atoms with Crippen LogP contribution >= 0.6 is 23.2 Å². The van der Waals surface area contributed by atoms with Crippen LogP contribution in [-0.4, -0.2) is 11.0 Å². The summed E-state index contributed by atoms with van der Waals surface area (Å²) in [6.45, 7) is 0. The van der Waals surface area contributed by atoms with Gasteiger partial charge in [0.2, 0.25) is 0 Å². The van der Waals surface area contributed by atoms with Gasteiger partial charge in [-0.05, 0) is 12.1 Å². The number of aromatic hydroxyl groups is 1. The van der Waals surface area contributed by atoms with Crippen molar-refractivity contribution in [3.05, 3.63) is 27.7 Å². The number of nitrogens with one attached hydrogen (secondary N) is 1. The summed E-state index contributed by atoms with van der Waals surface area (Å²) in [5, 5.41) is 9.57. The predicted octanol–water partition coefficient (Wildman–Crippen LogP) is 1.30. The Hall–Kier alpha value is -0.970. The number of phenolic OH excluding ortho intramolecular Hbond substituents is 1. The Morgan fingerprint density at radius 3 is 2.62 bits per heavy atom. The summed E-state index contributed by atoms with van der Waals surface area (Å²) in [6.07, 6.45) is 0. The fraction of sp³-hybridized carbons (Fsp3) is 0. The maximum Gasteiger partial charge on any atom is 0.269 e. The average molecular weight is 221 g/mol. The van der Waals surface area contributed by atoms with Crippen molar-refractivity contribution in [2.45, 2.75) is 0 Å². The SMILES string of the molecule is NNC(=O)c1cc(Cl)cc(Cl)c1O. The summed E-state index contributed by atoms with van der Waals surface area (Å²) in [5.74, 6) is 3.89. The highest BCUT2D eigenvalue weighted by Gasteiger charge is 2.13. The number of benzene rings is 1. The first-order valence-corrected chi connectivity index (χ1v) is 4.01. The van der Waals surface area contributed by atoms with Gasteiger partial charge in [-0.15, -0.1) is 0 Å². The molecule has 1 aromatic carbocycles. The smallest absolute Gasteiger partial charge is 0.269 e. The van der Waals surface area contributed by atoms with Crippen molar-refractivity contribution in [1.29, 1.82) is 0 Å². The van der Waals surface area contributed by atoms with Crippen LogP contribution in [0.4, 0.5) is 0 Å². The number of amides is 1. The molecule has 13 heavy (non-hydrogen) atoms. The van der Waals surface area contributed by atoms with Crippen LogP contribution < -0.4 is 11.3 Å². The molecule has 0 radical (unpaired) electrons. The van der Waals surface area contributed by atoms with E-state index in [-0.39, 0.29) is 21.4 Å². The summed E-state index contributed by atoms with van der Waals surface area (Å²) in [5.41, 5.74) is 1.80. The lowest BCUT2D eigenvalue weighted by Crippen LogP contribution is -2.30. The Morgan fingerprint density at radius 2 is 2.08 bits per heavy atom. The minimum absolute atomic E-state index is 0.00565. The molecule has 0 aliphatic heterocycles. The van der Waals surface area contributed by atoms with Gasteiger partial charge in [-0.1, -0.05) is 23.2 Å². The van der Waals surface area contributed by atoms with E-state index in [0.29, 0.717) is 0 Å². The molecule has 0 aliphatic carbocycles. The molecule has 0 heterocycles. The van der Waals surface area contributed by atoms with Gasteiger partial charge in [0.05, 0.1) is 10.6 Å². The van der Waals surface area contributed by atoms with Crippen LogP contribution in [-0.2, 0) is 0 Å². The zero-order valence-corrected chi connectivity index (χ0v) is 7.86. The number of nitrogen functional groups attached to an aromatic ring is 1. The highest BCUT2D eigenvalue weighted by Crippen LogP contribution is 2.30. The minimum atomic E-state index is -0.651. The number of hydrogen-bond acceptors (Lipinski definition) is 3. The van der Waals surface area contributed by atoms with Crippen LogP contribution in [0.3, 0.4) is 0 Å². The number of hydrazine groups is 1. The third-order valence-corrected chi connectivity index (χ3v) is 1.91. The fourth-order valence-corrected chi connectivity index (χ4v) is 1.31. The first-order valence-electron chi connectivity index (χ1n) is 3.25. The number of rotatable bonds is 1. The molecule has 4 N–H and O–H groups in total. The molecule has 1 aromatic rings. The van der Waals surface area contributed by atoms with Crippen LogP contribution in [0.5, 0.6) is 5.75 Å². The standard InChI is InChI=1S/C7H6Cl2N2O2/c8-3-1-4(7(13)11-10)6(12)5(9)2-3/h1-2,12H,10H2,(H,11,13). The number of carbonyl (C=O) groups excluding carboxylic acids is 1. The van der Waals surface area contributed by atoms with Crippen molar-refractivity contribution >= 4 is 29.1 Å². The number of hydrogen-bond donors (Lipinski definition) is 3. The lowest BCUT2D eigenvalue weighted by molar-refractivity contribution is 0.0951. The van der Waals surface area contributed by atoms with Crippen molar-refractivity contribution in [3.8, 4) is 5.75 Å². The first kappa shape index (κ1) is 10.1. The topological polar surface area (TPSA) is 75.3 Å². The Bertz CT molecular complexity index is 355. The monoisotopic (exact) mass is 220 g/mol. The predicted molar refractivity (Wildman–Crippen MR) is 49.8 cm³/mol. The fourth-order valence-electron chi connectivity index (χ4n) is 0.817. The largest absolute Gasteiger partial charge is 0.506 e. The van der Waals surface area contributed by atoms with E-state index in [1.807, 2.05) is 5.43 Å². The normalized spacial score (nSPS) is 9.77. The first-order chi connectivity index (χ1) is 6.06. The summed E-state index contributed by atoms with van der Waals surface area (Å²) < 4.78 is 0. The highest BCUT2D eigenvalue weighted by atomic mass is 35.5.